The molecule has 3 amide bonds. The van der Waals surface area contributed by atoms with Gasteiger partial charge in [-0.15, -0.1) is 0 Å². The average Bonchev–Trinajstić information content (AvgIpc) is 3.19. The molecule has 9 nitrogen and oxygen atoms in total. The second-order valence-corrected chi connectivity index (χ2v) is 9.16. The van der Waals surface area contributed by atoms with Crippen molar-refractivity contribution in [1.29, 1.82) is 0 Å². The van der Waals surface area contributed by atoms with E-state index in [4.69, 9.17) is 5.73 Å². The molecule has 10 heteroatoms. The zero-order valence-electron chi connectivity index (χ0n) is 18.5. The standard InChI is InChI=1S/C24H24N6O3S/c25-20(31)15-34-24-27-18-9-5-4-8-17(18)22-26-19(23(33)30(22)24)14-21(32)29-12-10-28(11-13-29)16-6-2-1-3-7-16/h1-9,19H,10-15H2,(H2,25,31)/t19-/m0/s1. The van der Waals surface area contributed by atoms with Crippen molar-refractivity contribution in [3.8, 4) is 0 Å². The van der Waals surface area contributed by atoms with Gasteiger partial charge in [0, 0.05) is 37.4 Å². The van der Waals surface area contributed by atoms with E-state index in [2.05, 4.69) is 27.0 Å². The van der Waals surface area contributed by atoms with Crippen LogP contribution >= 0.6 is 11.8 Å². The monoisotopic (exact) mass is 476 g/mol. The zero-order valence-corrected chi connectivity index (χ0v) is 19.3. The van der Waals surface area contributed by atoms with E-state index < -0.39 is 11.9 Å². The summed E-state index contributed by atoms with van der Waals surface area (Å²) in [5.41, 5.74) is 7.83. The lowest BCUT2D eigenvalue weighted by Gasteiger charge is -2.36. The minimum Gasteiger partial charge on any atom is -0.369 e. The molecule has 5 rings (SSSR count). The average molecular weight is 477 g/mol. The van der Waals surface area contributed by atoms with Crippen LogP contribution in [0.15, 0.2) is 64.6 Å². The highest BCUT2D eigenvalue weighted by molar-refractivity contribution is 8.14. The Labute approximate surface area is 201 Å². The quantitative estimate of drug-likeness (QED) is 0.705. The Kier molecular flexibility index (Phi) is 6.06. The van der Waals surface area contributed by atoms with Gasteiger partial charge in [-0.25, -0.2) is 9.89 Å². The van der Waals surface area contributed by atoms with Crippen LogP contribution in [0.3, 0.4) is 0 Å². The van der Waals surface area contributed by atoms with Crippen LogP contribution in [0.1, 0.15) is 12.0 Å². The molecule has 3 aliphatic rings. The van der Waals surface area contributed by atoms with Crippen molar-refractivity contribution in [2.75, 3.05) is 36.8 Å². The molecule has 1 atom stereocenters. The van der Waals surface area contributed by atoms with Gasteiger partial charge in [-0.1, -0.05) is 42.1 Å². The molecule has 0 bridgehead atoms. The van der Waals surface area contributed by atoms with Gasteiger partial charge in [-0.2, -0.15) is 0 Å². The summed E-state index contributed by atoms with van der Waals surface area (Å²) in [6.45, 7) is 2.67. The largest absolute Gasteiger partial charge is 0.369 e. The molecule has 174 valence electrons. The Bertz CT molecular complexity index is 1190. The first-order valence-corrected chi connectivity index (χ1v) is 12.1. The fourth-order valence-corrected chi connectivity index (χ4v) is 5.05. The highest BCUT2D eigenvalue weighted by atomic mass is 32.2. The van der Waals surface area contributed by atoms with E-state index in [0.29, 0.717) is 29.8 Å². The van der Waals surface area contributed by atoms with E-state index in [0.717, 1.165) is 36.1 Å². The van der Waals surface area contributed by atoms with E-state index in [1.165, 1.54) is 4.90 Å². The van der Waals surface area contributed by atoms with Crippen molar-refractivity contribution in [1.82, 2.24) is 9.80 Å². The summed E-state index contributed by atoms with van der Waals surface area (Å²) >= 11 is 1.10. The molecule has 0 unspecified atom stereocenters. The van der Waals surface area contributed by atoms with E-state index in [-0.39, 0.29) is 24.0 Å². The molecule has 0 spiro atoms. The molecule has 3 aliphatic heterocycles. The first-order valence-electron chi connectivity index (χ1n) is 11.1. The normalized spacial score (nSPS) is 19.4. The summed E-state index contributed by atoms with van der Waals surface area (Å²) in [5.74, 6) is -0.441. The molecule has 0 saturated carbocycles. The maximum atomic E-state index is 13.3. The third kappa shape index (κ3) is 4.28. The number of hydrogen-bond acceptors (Lipinski definition) is 7. The predicted molar refractivity (Wildman–Crippen MR) is 132 cm³/mol. The number of amides is 3. The molecule has 2 aromatic carbocycles. The number of anilines is 1. The molecule has 34 heavy (non-hydrogen) atoms. The summed E-state index contributed by atoms with van der Waals surface area (Å²) in [4.78, 5) is 52.3. The number of amidine groups is 2. The number of para-hydroxylation sites is 2. The predicted octanol–water partition coefficient (Wildman–Crippen LogP) is 1.60. The van der Waals surface area contributed by atoms with Gasteiger partial charge in [0.15, 0.2) is 5.17 Å². The van der Waals surface area contributed by atoms with Crippen LogP contribution in [0, 0.1) is 0 Å². The number of carbonyl (C=O) groups excluding carboxylic acids is 3. The van der Waals surface area contributed by atoms with Crippen molar-refractivity contribution >= 4 is 51.9 Å². The van der Waals surface area contributed by atoms with Gasteiger partial charge in [-0.05, 0) is 24.3 Å². The molecule has 1 saturated heterocycles. The van der Waals surface area contributed by atoms with Gasteiger partial charge in [0.05, 0.1) is 17.9 Å². The van der Waals surface area contributed by atoms with E-state index in [1.54, 1.807) is 4.90 Å². The van der Waals surface area contributed by atoms with Crippen molar-refractivity contribution in [3.63, 3.8) is 0 Å². The second-order valence-electron chi connectivity index (χ2n) is 8.22. The number of benzene rings is 2. The molecule has 0 radical (unpaired) electrons. The number of primary amides is 1. The number of carbonyl (C=O) groups is 3. The number of aliphatic imine (C=N–C) groups is 2. The molecule has 3 heterocycles. The number of nitrogens with two attached hydrogens (primary N) is 1. The number of piperazine rings is 1. The summed E-state index contributed by atoms with van der Waals surface area (Å²) < 4.78 is 0. The van der Waals surface area contributed by atoms with Gasteiger partial charge in [0.1, 0.15) is 11.9 Å². The lowest BCUT2D eigenvalue weighted by molar-refractivity contribution is -0.135. The minimum absolute atomic E-state index is 0.000103. The van der Waals surface area contributed by atoms with Gasteiger partial charge in [0.2, 0.25) is 11.8 Å². The minimum atomic E-state index is -0.819. The fourth-order valence-electron chi connectivity index (χ4n) is 4.31. The Morgan fingerprint density at radius 3 is 2.44 bits per heavy atom. The first-order chi connectivity index (χ1) is 16.5. The number of rotatable bonds is 5. The fraction of sp³-hybridized carbons (Fsp3) is 0.292. The van der Waals surface area contributed by atoms with Crippen LogP contribution in [0.5, 0.6) is 0 Å². The first kappa shape index (κ1) is 22.1. The summed E-state index contributed by atoms with van der Waals surface area (Å²) in [6, 6.07) is 16.7. The molecule has 0 aliphatic carbocycles. The Morgan fingerprint density at radius 2 is 1.71 bits per heavy atom. The van der Waals surface area contributed by atoms with E-state index >= 15 is 0 Å². The van der Waals surface area contributed by atoms with Gasteiger partial charge in [-0.3, -0.25) is 19.4 Å². The molecular weight excluding hydrogens is 452 g/mol. The number of thioether (sulfide) groups is 1. The molecule has 1 fully saturated rings. The van der Waals surface area contributed by atoms with Crippen LogP contribution in [-0.2, 0) is 14.4 Å². The Balaban J connectivity index is 1.29. The van der Waals surface area contributed by atoms with Crippen LogP contribution in [0.4, 0.5) is 11.4 Å². The van der Waals surface area contributed by atoms with Crippen molar-refractivity contribution in [2.24, 2.45) is 15.7 Å². The van der Waals surface area contributed by atoms with Crippen LogP contribution in [0.2, 0.25) is 0 Å². The molecular formula is C24H24N6O3S. The highest BCUT2D eigenvalue weighted by Crippen LogP contribution is 2.34. The summed E-state index contributed by atoms with van der Waals surface area (Å²) in [5, 5.41) is 0.354. The Morgan fingerprint density at radius 1 is 1.00 bits per heavy atom. The number of fused-ring (bicyclic) bond motifs is 3. The van der Waals surface area contributed by atoms with Crippen LogP contribution in [-0.4, -0.2) is 76.5 Å². The van der Waals surface area contributed by atoms with Gasteiger partial charge < -0.3 is 15.5 Å². The molecule has 0 aromatic heterocycles. The van der Waals surface area contributed by atoms with Crippen LogP contribution in [0.25, 0.3) is 0 Å². The topological polar surface area (TPSA) is 112 Å². The second kappa shape index (κ2) is 9.30. The van der Waals surface area contributed by atoms with E-state index in [9.17, 15) is 14.4 Å². The van der Waals surface area contributed by atoms with Crippen molar-refractivity contribution < 1.29 is 14.4 Å². The summed E-state index contributed by atoms with van der Waals surface area (Å²) in [6.07, 6.45) is 0.000103. The summed E-state index contributed by atoms with van der Waals surface area (Å²) in [7, 11) is 0. The lowest BCUT2D eigenvalue weighted by Crippen LogP contribution is -2.49. The van der Waals surface area contributed by atoms with Crippen molar-refractivity contribution in [3.05, 3.63) is 60.2 Å². The smallest absolute Gasteiger partial charge is 0.259 e. The highest BCUT2D eigenvalue weighted by Gasteiger charge is 2.42. The van der Waals surface area contributed by atoms with Crippen LogP contribution < -0.4 is 10.6 Å². The molecule has 2 N–H and O–H groups in total. The SMILES string of the molecule is NC(=O)CSC1=Nc2ccccc2C2=N[C@@H](CC(=O)N3CCN(c4ccccc4)CC3)C(=O)N12. The van der Waals surface area contributed by atoms with E-state index in [1.807, 2.05) is 42.5 Å². The number of nitrogens with zero attached hydrogens (tertiary/aromatic N) is 5. The Hall–Kier alpha value is -3.66. The zero-order chi connectivity index (χ0) is 23.7. The third-order valence-electron chi connectivity index (χ3n) is 6.01. The van der Waals surface area contributed by atoms with Gasteiger partial charge in [0.25, 0.3) is 5.91 Å². The van der Waals surface area contributed by atoms with Crippen molar-refractivity contribution in [2.45, 2.75) is 12.5 Å². The van der Waals surface area contributed by atoms with Gasteiger partial charge >= 0.3 is 0 Å². The third-order valence-corrected chi connectivity index (χ3v) is 6.97. The maximum Gasteiger partial charge on any atom is 0.259 e. The lowest BCUT2D eigenvalue weighted by atomic mass is 10.1. The number of hydrogen-bond donors (Lipinski definition) is 1. The molecule has 2 aromatic rings. The maximum absolute atomic E-state index is 13.3.